The van der Waals surface area contributed by atoms with Crippen molar-refractivity contribution in [1.29, 1.82) is 0 Å². The van der Waals surface area contributed by atoms with Gasteiger partial charge in [0, 0.05) is 22.6 Å². The van der Waals surface area contributed by atoms with Crippen LogP contribution in [0, 0.1) is 12.8 Å². The average molecular weight is 286 g/mol. The Kier molecular flexibility index (Phi) is 4.61. The summed E-state index contributed by atoms with van der Waals surface area (Å²) in [5.74, 6) is 0.232. The van der Waals surface area contributed by atoms with Crippen molar-refractivity contribution in [3.05, 3.63) is 28.2 Å². The first-order valence-corrected chi connectivity index (χ1v) is 5.81. The molecule has 1 unspecified atom stereocenters. The summed E-state index contributed by atoms with van der Waals surface area (Å²) in [4.78, 5) is 0. The second kappa shape index (κ2) is 5.75. The second-order valence-electron chi connectivity index (χ2n) is 3.77. The Morgan fingerprint density at radius 2 is 2.31 bits per heavy atom. The van der Waals surface area contributed by atoms with E-state index in [1.54, 1.807) is 0 Å². The molecule has 1 aromatic carbocycles. The zero-order valence-corrected chi connectivity index (χ0v) is 11.0. The lowest BCUT2D eigenvalue weighted by Crippen LogP contribution is -2.27. The van der Waals surface area contributed by atoms with E-state index in [9.17, 15) is 0 Å². The van der Waals surface area contributed by atoms with Gasteiger partial charge < -0.3 is 16.3 Å². The van der Waals surface area contributed by atoms with Crippen LogP contribution < -0.4 is 11.1 Å². The number of nitrogens with zero attached hydrogens (tertiary/aromatic N) is 1. The monoisotopic (exact) mass is 285 g/mol. The molecule has 0 fully saturated rings. The molecule has 1 rings (SSSR count). The first kappa shape index (κ1) is 12.8. The highest BCUT2D eigenvalue weighted by molar-refractivity contribution is 9.10. The van der Waals surface area contributed by atoms with E-state index in [2.05, 4.69) is 26.4 Å². The summed E-state index contributed by atoms with van der Waals surface area (Å²) in [7, 11) is 0. The molecule has 0 aromatic heterocycles. The molecule has 0 heterocycles. The number of benzene rings is 1. The third kappa shape index (κ3) is 3.41. The quantitative estimate of drug-likeness (QED) is 0.345. The minimum atomic E-state index is -0.00644. The van der Waals surface area contributed by atoms with Crippen LogP contribution >= 0.6 is 15.9 Å². The molecule has 0 aliphatic rings. The summed E-state index contributed by atoms with van der Waals surface area (Å²) in [6.07, 6.45) is 0. The zero-order chi connectivity index (χ0) is 12.1. The van der Waals surface area contributed by atoms with Gasteiger partial charge >= 0.3 is 0 Å². The molecule has 4 N–H and O–H groups in total. The van der Waals surface area contributed by atoms with Crippen molar-refractivity contribution in [1.82, 2.24) is 0 Å². The molecular formula is C11H16BrN3O. The van der Waals surface area contributed by atoms with Crippen LogP contribution in [0.4, 0.5) is 5.69 Å². The lowest BCUT2D eigenvalue weighted by atomic mass is 10.1. The van der Waals surface area contributed by atoms with E-state index < -0.39 is 0 Å². The SMILES string of the molecule is Cc1cc(Br)ccc1NCC(C)C(N)=NO. The molecule has 0 aliphatic heterocycles. The minimum Gasteiger partial charge on any atom is -0.409 e. The number of hydrogen-bond acceptors (Lipinski definition) is 3. The summed E-state index contributed by atoms with van der Waals surface area (Å²) in [5.41, 5.74) is 7.71. The minimum absolute atomic E-state index is 0.00644. The summed E-state index contributed by atoms with van der Waals surface area (Å²) in [6.45, 7) is 4.57. The van der Waals surface area contributed by atoms with Crippen LogP contribution in [-0.2, 0) is 0 Å². The molecule has 1 aromatic rings. The van der Waals surface area contributed by atoms with Crippen molar-refractivity contribution in [3.63, 3.8) is 0 Å². The van der Waals surface area contributed by atoms with Crippen LogP contribution in [-0.4, -0.2) is 17.6 Å². The summed E-state index contributed by atoms with van der Waals surface area (Å²) in [5, 5.41) is 14.8. The Balaban J connectivity index is 2.61. The van der Waals surface area contributed by atoms with Crippen LogP contribution in [0.15, 0.2) is 27.8 Å². The zero-order valence-electron chi connectivity index (χ0n) is 9.37. The maximum absolute atomic E-state index is 8.52. The highest BCUT2D eigenvalue weighted by Gasteiger charge is 2.07. The predicted molar refractivity (Wildman–Crippen MR) is 69.9 cm³/mol. The topological polar surface area (TPSA) is 70.6 Å². The first-order valence-electron chi connectivity index (χ1n) is 5.02. The molecule has 1 atom stereocenters. The molecular weight excluding hydrogens is 270 g/mol. The van der Waals surface area contributed by atoms with E-state index in [1.165, 1.54) is 0 Å². The number of aryl methyl sites for hydroxylation is 1. The fourth-order valence-electron chi connectivity index (χ4n) is 1.29. The second-order valence-corrected chi connectivity index (χ2v) is 4.68. The number of oxime groups is 1. The fraction of sp³-hybridized carbons (Fsp3) is 0.364. The number of amidine groups is 1. The van der Waals surface area contributed by atoms with E-state index in [4.69, 9.17) is 10.9 Å². The molecule has 0 spiro atoms. The van der Waals surface area contributed by atoms with Crippen LogP contribution in [0.2, 0.25) is 0 Å². The Morgan fingerprint density at radius 1 is 1.62 bits per heavy atom. The Morgan fingerprint density at radius 3 is 2.88 bits per heavy atom. The Labute approximate surface area is 104 Å². The Hall–Kier alpha value is -1.23. The van der Waals surface area contributed by atoms with Gasteiger partial charge in [-0.1, -0.05) is 28.0 Å². The highest BCUT2D eigenvalue weighted by atomic mass is 79.9. The summed E-state index contributed by atoms with van der Waals surface area (Å²) >= 11 is 3.41. The van der Waals surface area contributed by atoms with Gasteiger partial charge in [-0.05, 0) is 30.7 Å². The number of nitrogens with one attached hydrogen (secondary N) is 1. The summed E-state index contributed by atoms with van der Waals surface area (Å²) < 4.78 is 1.06. The normalized spacial score (nSPS) is 13.6. The molecule has 16 heavy (non-hydrogen) atoms. The number of nitrogens with two attached hydrogens (primary N) is 1. The highest BCUT2D eigenvalue weighted by Crippen LogP contribution is 2.20. The van der Waals surface area contributed by atoms with Crippen LogP contribution in [0.1, 0.15) is 12.5 Å². The number of anilines is 1. The van der Waals surface area contributed by atoms with Crippen LogP contribution in [0.3, 0.4) is 0 Å². The van der Waals surface area contributed by atoms with Crippen molar-refractivity contribution >= 4 is 27.5 Å². The third-order valence-electron chi connectivity index (χ3n) is 2.41. The third-order valence-corrected chi connectivity index (χ3v) is 2.90. The van der Waals surface area contributed by atoms with Gasteiger partial charge in [0.25, 0.3) is 0 Å². The van der Waals surface area contributed by atoms with E-state index in [0.717, 1.165) is 15.7 Å². The van der Waals surface area contributed by atoms with Gasteiger partial charge in [-0.2, -0.15) is 0 Å². The van der Waals surface area contributed by atoms with E-state index in [0.29, 0.717) is 6.54 Å². The number of hydrogen-bond donors (Lipinski definition) is 3. The van der Waals surface area contributed by atoms with Crippen LogP contribution in [0.25, 0.3) is 0 Å². The molecule has 5 heteroatoms. The molecule has 88 valence electrons. The van der Waals surface area contributed by atoms with Gasteiger partial charge in [0.05, 0.1) is 0 Å². The van der Waals surface area contributed by atoms with Gasteiger partial charge in [0.15, 0.2) is 0 Å². The Bertz CT molecular complexity index is 393. The lowest BCUT2D eigenvalue weighted by molar-refractivity contribution is 0.315. The van der Waals surface area contributed by atoms with Gasteiger partial charge in [-0.25, -0.2) is 0 Å². The van der Waals surface area contributed by atoms with Crippen molar-refractivity contribution in [2.45, 2.75) is 13.8 Å². The number of rotatable bonds is 4. The predicted octanol–water partition coefficient (Wildman–Crippen LogP) is 2.55. The van der Waals surface area contributed by atoms with Crippen LogP contribution in [0.5, 0.6) is 0 Å². The molecule has 0 bridgehead atoms. The average Bonchev–Trinajstić information content (AvgIpc) is 2.26. The van der Waals surface area contributed by atoms with Crippen molar-refractivity contribution < 1.29 is 5.21 Å². The molecule has 0 saturated heterocycles. The van der Waals surface area contributed by atoms with E-state index in [1.807, 2.05) is 32.0 Å². The van der Waals surface area contributed by atoms with E-state index in [-0.39, 0.29) is 11.8 Å². The van der Waals surface area contributed by atoms with Crippen molar-refractivity contribution in [3.8, 4) is 0 Å². The van der Waals surface area contributed by atoms with Crippen molar-refractivity contribution in [2.75, 3.05) is 11.9 Å². The standard InChI is InChI=1S/C11H16BrN3O/c1-7-5-9(12)3-4-10(7)14-6-8(2)11(13)15-16/h3-5,8,14,16H,6H2,1-2H3,(H2,13,15). The molecule has 0 radical (unpaired) electrons. The van der Waals surface area contributed by atoms with E-state index >= 15 is 0 Å². The molecule has 4 nitrogen and oxygen atoms in total. The van der Waals surface area contributed by atoms with Gasteiger partial charge in [-0.3, -0.25) is 0 Å². The maximum Gasteiger partial charge on any atom is 0.143 e. The van der Waals surface area contributed by atoms with Gasteiger partial charge in [-0.15, -0.1) is 0 Å². The molecule has 0 aliphatic carbocycles. The molecule has 0 saturated carbocycles. The fourth-order valence-corrected chi connectivity index (χ4v) is 1.77. The maximum atomic E-state index is 8.52. The first-order chi connectivity index (χ1) is 7.54. The largest absolute Gasteiger partial charge is 0.409 e. The van der Waals surface area contributed by atoms with Crippen molar-refractivity contribution in [2.24, 2.45) is 16.8 Å². The number of halogens is 1. The van der Waals surface area contributed by atoms with Gasteiger partial charge in [0.1, 0.15) is 5.84 Å². The summed E-state index contributed by atoms with van der Waals surface area (Å²) in [6, 6.07) is 6.01. The lowest BCUT2D eigenvalue weighted by Gasteiger charge is -2.14. The molecule has 0 amide bonds. The van der Waals surface area contributed by atoms with Gasteiger partial charge in [0.2, 0.25) is 0 Å². The smallest absolute Gasteiger partial charge is 0.143 e.